The van der Waals surface area contributed by atoms with E-state index in [9.17, 15) is 4.79 Å². The monoisotopic (exact) mass is 498 g/mol. The van der Waals surface area contributed by atoms with E-state index in [1.165, 1.54) is 0 Å². The van der Waals surface area contributed by atoms with Crippen molar-refractivity contribution in [2.75, 3.05) is 5.32 Å². The third kappa shape index (κ3) is 3.70. The van der Waals surface area contributed by atoms with E-state index in [2.05, 4.69) is 70.2 Å². The molecule has 6 heteroatoms. The lowest BCUT2D eigenvalue weighted by Crippen LogP contribution is -2.20. The molecule has 0 fully saturated rings. The van der Waals surface area contributed by atoms with Crippen molar-refractivity contribution in [1.82, 2.24) is 4.98 Å². The molecule has 1 unspecified atom stereocenters. The van der Waals surface area contributed by atoms with Gasteiger partial charge in [-0.15, -0.1) is 0 Å². The van der Waals surface area contributed by atoms with E-state index in [1.807, 2.05) is 30.3 Å². The second-order valence-corrected chi connectivity index (χ2v) is 8.41. The number of rotatable bonds is 3. The van der Waals surface area contributed by atoms with Gasteiger partial charge in [0, 0.05) is 31.1 Å². The second-order valence-electron chi connectivity index (χ2n) is 5.21. The summed E-state index contributed by atoms with van der Waals surface area (Å²) < 4.78 is 1.95. The summed E-state index contributed by atoms with van der Waals surface area (Å²) in [4.78, 5) is 15.2. The SMILES string of the molecule is CC(Br)C(=O)Nc1cc(Br)ccc1-c1cc2cc(Br)ccc2[nH]1. The van der Waals surface area contributed by atoms with Gasteiger partial charge in [-0.2, -0.15) is 0 Å². The van der Waals surface area contributed by atoms with Gasteiger partial charge in [-0.25, -0.2) is 0 Å². The van der Waals surface area contributed by atoms with Gasteiger partial charge in [0.05, 0.1) is 10.5 Å². The first-order valence-electron chi connectivity index (χ1n) is 6.97. The lowest BCUT2D eigenvalue weighted by Gasteiger charge is -2.12. The summed E-state index contributed by atoms with van der Waals surface area (Å²) in [5, 5.41) is 4.07. The fourth-order valence-corrected chi connectivity index (χ4v) is 3.19. The molecule has 1 heterocycles. The minimum absolute atomic E-state index is 0.0804. The topological polar surface area (TPSA) is 44.9 Å². The number of H-pyrrole nitrogens is 1. The number of alkyl halides is 1. The number of fused-ring (bicyclic) bond motifs is 1. The second kappa shape index (κ2) is 6.79. The maximum atomic E-state index is 12.0. The lowest BCUT2D eigenvalue weighted by atomic mass is 10.1. The molecule has 0 radical (unpaired) electrons. The third-order valence-corrected chi connectivity index (χ3v) is 4.88. The number of aromatic nitrogens is 1. The molecule has 0 saturated carbocycles. The molecule has 3 aromatic rings. The van der Waals surface area contributed by atoms with Crippen LogP contribution < -0.4 is 5.32 Å². The number of carbonyl (C=O) groups excluding carboxylic acids is 1. The first-order chi connectivity index (χ1) is 10.9. The number of hydrogen-bond acceptors (Lipinski definition) is 1. The van der Waals surface area contributed by atoms with E-state index >= 15 is 0 Å². The molecule has 2 N–H and O–H groups in total. The standard InChI is InChI=1S/C17H13Br3N2O/c1-9(18)17(23)22-16-8-12(20)2-4-13(16)15-7-10-6-11(19)3-5-14(10)21-15/h2-9,21H,1H3,(H,22,23). The van der Waals surface area contributed by atoms with E-state index < -0.39 is 0 Å². The predicted molar refractivity (Wildman–Crippen MR) is 106 cm³/mol. The summed E-state index contributed by atoms with van der Waals surface area (Å²) in [5.41, 5.74) is 3.73. The van der Waals surface area contributed by atoms with Gasteiger partial charge in [0.1, 0.15) is 0 Å². The molecule has 3 rings (SSSR count). The smallest absolute Gasteiger partial charge is 0.237 e. The molecule has 0 aliphatic carbocycles. The molecular weight excluding hydrogens is 488 g/mol. The number of amides is 1. The zero-order chi connectivity index (χ0) is 16.6. The van der Waals surface area contributed by atoms with Gasteiger partial charge >= 0.3 is 0 Å². The van der Waals surface area contributed by atoms with Crippen LogP contribution in [0.3, 0.4) is 0 Å². The number of aromatic amines is 1. The Morgan fingerprint density at radius 2 is 1.78 bits per heavy atom. The summed E-state index contributed by atoms with van der Waals surface area (Å²) in [7, 11) is 0. The fourth-order valence-electron chi connectivity index (χ4n) is 2.34. The Balaban J connectivity index is 2.08. The maximum Gasteiger partial charge on any atom is 0.237 e. The zero-order valence-electron chi connectivity index (χ0n) is 12.2. The Hall–Kier alpha value is -1.11. The van der Waals surface area contributed by atoms with E-state index in [1.54, 1.807) is 6.92 Å². The van der Waals surface area contributed by atoms with Crippen LogP contribution in [0.2, 0.25) is 0 Å². The first kappa shape index (κ1) is 16.7. The number of hydrogen-bond donors (Lipinski definition) is 2. The molecule has 0 spiro atoms. The highest BCUT2D eigenvalue weighted by atomic mass is 79.9. The molecule has 23 heavy (non-hydrogen) atoms. The van der Waals surface area contributed by atoms with Crippen molar-refractivity contribution >= 4 is 70.3 Å². The van der Waals surface area contributed by atoms with Crippen molar-refractivity contribution in [2.24, 2.45) is 0 Å². The molecule has 1 amide bonds. The van der Waals surface area contributed by atoms with Crippen LogP contribution in [-0.2, 0) is 4.79 Å². The van der Waals surface area contributed by atoms with Gasteiger partial charge in [-0.3, -0.25) is 4.79 Å². The summed E-state index contributed by atoms with van der Waals surface area (Å²) in [6.07, 6.45) is 0. The summed E-state index contributed by atoms with van der Waals surface area (Å²) >= 11 is 10.2. The molecule has 2 aromatic carbocycles. The molecule has 0 bridgehead atoms. The van der Waals surface area contributed by atoms with E-state index in [-0.39, 0.29) is 10.7 Å². The largest absolute Gasteiger partial charge is 0.354 e. The minimum atomic E-state index is -0.256. The van der Waals surface area contributed by atoms with Crippen LogP contribution in [0.25, 0.3) is 22.2 Å². The van der Waals surface area contributed by atoms with Crippen molar-refractivity contribution in [3.8, 4) is 11.3 Å². The molecular formula is C17H13Br3N2O. The van der Waals surface area contributed by atoms with Gasteiger partial charge in [0.25, 0.3) is 0 Å². The maximum absolute atomic E-state index is 12.0. The van der Waals surface area contributed by atoms with Crippen molar-refractivity contribution in [1.29, 1.82) is 0 Å². The number of benzene rings is 2. The predicted octanol–water partition coefficient (Wildman–Crippen LogP) is 6.08. The van der Waals surface area contributed by atoms with Gasteiger partial charge < -0.3 is 10.3 Å². The Morgan fingerprint density at radius 3 is 2.52 bits per heavy atom. The summed E-state index contributed by atoms with van der Waals surface area (Å²) in [5.74, 6) is -0.0804. The third-order valence-electron chi connectivity index (χ3n) is 3.47. The van der Waals surface area contributed by atoms with Crippen LogP contribution in [0.4, 0.5) is 5.69 Å². The quantitative estimate of drug-likeness (QED) is 0.420. The lowest BCUT2D eigenvalue weighted by molar-refractivity contribution is -0.115. The Bertz CT molecular complexity index is 887. The van der Waals surface area contributed by atoms with E-state index in [4.69, 9.17) is 0 Å². The summed E-state index contributed by atoms with van der Waals surface area (Å²) in [6, 6.07) is 14.0. The Kier molecular flexibility index (Phi) is 4.94. The van der Waals surface area contributed by atoms with Crippen molar-refractivity contribution in [3.05, 3.63) is 51.4 Å². The molecule has 0 aliphatic heterocycles. The highest BCUT2D eigenvalue weighted by Crippen LogP contribution is 2.33. The van der Waals surface area contributed by atoms with Crippen molar-refractivity contribution in [2.45, 2.75) is 11.8 Å². The van der Waals surface area contributed by atoms with Gasteiger partial charge in [0.15, 0.2) is 0 Å². The van der Waals surface area contributed by atoms with Crippen LogP contribution in [0.1, 0.15) is 6.92 Å². The first-order valence-corrected chi connectivity index (χ1v) is 9.47. The fraction of sp³-hybridized carbons (Fsp3) is 0.118. The minimum Gasteiger partial charge on any atom is -0.354 e. The van der Waals surface area contributed by atoms with Crippen LogP contribution in [0.5, 0.6) is 0 Å². The van der Waals surface area contributed by atoms with E-state index in [0.717, 1.165) is 36.8 Å². The normalized spacial score (nSPS) is 12.3. The van der Waals surface area contributed by atoms with Crippen molar-refractivity contribution < 1.29 is 4.79 Å². The zero-order valence-corrected chi connectivity index (χ0v) is 16.9. The Morgan fingerprint density at radius 1 is 1.09 bits per heavy atom. The van der Waals surface area contributed by atoms with Crippen LogP contribution >= 0.6 is 47.8 Å². The highest BCUT2D eigenvalue weighted by molar-refractivity contribution is 9.10. The molecule has 1 atom stereocenters. The molecule has 3 nitrogen and oxygen atoms in total. The molecule has 118 valence electrons. The molecule has 0 aliphatic rings. The number of halogens is 3. The van der Waals surface area contributed by atoms with Crippen LogP contribution in [0, 0.1) is 0 Å². The Labute approximate surface area is 159 Å². The van der Waals surface area contributed by atoms with Crippen LogP contribution in [0.15, 0.2) is 51.4 Å². The molecule has 1 aromatic heterocycles. The van der Waals surface area contributed by atoms with Crippen LogP contribution in [-0.4, -0.2) is 15.7 Å². The highest BCUT2D eigenvalue weighted by Gasteiger charge is 2.14. The van der Waals surface area contributed by atoms with Gasteiger partial charge in [-0.1, -0.05) is 47.8 Å². The van der Waals surface area contributed by atoms with E-state index in [0.29, 0.717) is 0 Å². The van der Waals surface area contributed by atoms with Crippen molar-refractivity contribution in [3.63, 3.8) is 0 Å². The average Bonchev–Trinajstić information content (AvgIpc) is 2.89. The average molecular weight is 501 g/mol. The summed E-state index contributed by atoms with van der Waals surface area (Å²) in [6.45, 7) is 1.80. The number of carbonyl (C=O) groups is 1. The number of nitrogens with one attached hydrogen (secondary N) is 2. The number of anilines is 1. The van der Waals surface area contributed by atoms with Gasteiger partial charge in [-0.05, 0) is 49.4 Å². The van der Waals surface area contributed by atoms with Gasteiger partial charge in [0.2, 0.25) is 5.91 Å². The molecule has 0 saturated heterocycles.